The molecule has 0 spiro atoms. The van der Waals surface area contributed by atoms with E-state index >= 15 is 0 Å². The molecule has 0 saturated carbocycles. The number of nitrogens with one attached hydrogen (secondary N) is 1. The zero-order chi connectivity index (χ0) is 20.7. The maximum Gasteiger partial charge on any atom is 0.573 e. The molecule has 0 aromatic heterocycles. The molecule has 4 nitrogen and oxygen atoms in total. The van der Waals surface area contributed by atoms with E-state index in [-0.39, 0.29) is 18.1 Å². The number of alkyl halides is 3. The van der Waals surface area contributed by atoms with Gasteiger partial charge in [0.2, 0.25) is 5.91 Å². The summed E-state index contributed by atoms with van der Waals surface area (Å²) in [7, 11) is 0. The maximum atomic E-state index is 12.3. The molecule has 0 radical (unpaired) electrons. The Morgan fingerprint density at radius 1 is 1.10 bits per heavy atom. The Morgan fingerprint density at radius 2 is 1.83 bits per heavy atom. The van der Waals surface area contributed by atoms with Gasteiger partial charge in [-0.3, -0.25) is 4.79 Å². The number of thioether (sulfide) groups is 1. The predicted molar refractivity (Wildman–Crippen MR) is 107 cm³/mol. The highest BCUT2D eigenvalue weighted by molar-refractivity contribution is 7.99. The van der Waals surface area contributed by atoms with E-state index in [2.05, 4.69) is 10.1 Å². The Kier molecular flexibility index (Phi) is 7.44. The van der Waals surface area contributed by atoms with Gasteiger partial charge in [-0.1, -0.05) is 24.3 Å². The van der Waals surface area contributed by atoms with Crippen molar-refractivity contribution in [2.24, 2.45) is 0 Å². The van der Waals surface area contributed by atoms with Crippen LogP contribution in [0, 0.1) is 0 Å². The number of rotatable bonds is 7. The molecule has 0 aliphatic carbocycles. The summed E-state index contributed by atoms with van der Waals surface area (Å²) >= 11 is 1.90. The molecule has 156 valence electrons. The molecule has 1 heterocycles. The van der Waals surface area contributed by atoms with Crippen LogP contribution in [0.3, 0.4) is 0 Å². The molecule has 8 heteroatoms. The van der Waals surface area contributed by atoms with Crippen molar-refractivity contribution < 1.29 is 27.4 Å². The Labute approximate surface area is 171 Å². The molecule has 1 amide bonds. The van der Waals surface area contributed by atoms with Gasteiger partial charge in [0.25, 0.3) is 0 Å². The van der Waals surface area contributed by atoms with Crippen LogP contribution in [0.2, 0.25) is 0 Å². The third-order valence-electron chi connectivity index (χ3n) is 4.39. The zero-order valence-electron chi connectivity index (χ0n) is 15.7. The van der Waals surface area contributed by atoms with Crippen molar-refractivity contribution in [1.29, 1.82) is 0 Å². The van der Waals surface area contributed by atoms with E-state index in [0.29, 0.717) is 16.5 Å². The number of hydrogen-bond acceptors (Lipinski definition) is 4. The second-order valence-electron chi connectivity index (χ2n) is 6.74. The van der Waals surface area contributed by atoms with Gasteiger partial charge in [0.15, 0.2) is 0 Å². The van der Waals surface area contributed by atoms with Crippen molar-refractivity contribution in [1.82, 2.24) is 0 Å². The van der Waals surface area contributed by atoms with E-state index < -0.39 is 6.36 Å². The van der Waals surface area contributed by atoms with Crippen molar-refractivity contribution in [2.75, 3.05) is 18.5 Å². The van der Waals surface area contributed by atoms with Crippen LogP contribution < -0.4 is 10.1 Å². The molecular weight excluding hydrogens is 403 g/mol. The smallest absolute Gasteiger partial charge is 0.406 e. The summed E-state index contributed by atoms with van der Waals surface area (Å²) < 4.78 is 45.8. The minimum Gasteiger partial charge on any atom is -0.406 e. The molecule has 1 saturated heterocycles. The SMILES string of the molecule is O=C(Cc1ccc(OC(F)(F)F)cc1)Nc1cccc(CSC2CCOCC2)c1. The van der Waals surface area contributed by atoms with Crippen LogP contribution in [-0.2, 0) is 21.7 Å². The molecule has 2 aromatic rings. The summed E-state index contributed by atoms with van der Waals surface area (Å²) in [5, 5.41) is 3.45. The number of benzene rings is 2. The lowest BCUT2D eigenvalue weighted by atomic mass is 10.1. The second kappa shape index (κ2) is 10.0. The number of carbonyl (C=O) groups is 1. The van der Waals surface area contributed by atoms with E-state index in [1.165, 1.54) is 24.3 Å². The Hall–Kier alpha value is -2.19. The molecule has 3 rings (SSSR count). The zero-order valence-corrected chi connectivity index (χ0v) is 16.5. The van der Waals surface area contributed by atoms with Crippen molar-refractivity contribution in [2.45, 2.75) is 36.6 Å². The molecular formula is C21H22F3NO3S. The third kappa shape index (κ3) is 7.62. The fourth-order valence-electron chi connectivity index (χ4n) is 3.00. The van der Waals surface area contributed by atoms with Crippen LogP contribution >= 0.6 is 11.8 Å². The lowest BCUT2D eigenvalue weighted by Crippen LogP contribution is -2.17. The minimum absolute atomic E-state index is 0.0628. The van der Waals surface area contributed by atoms with Gasteiger partial charge in [-0.05, 0) is 48.2 Å². The standard InChI is InChI=1S/C21H22F3NO3S/c22-21(23,24)28-18-6-4-15(5-7-18)13-20(26)25-17-3-1-2-16(12-17)14-29-19-8-10-27-11-9-19/h1-7,12,19H,8-11,13-14H2,(H,25,26). The summed E-state index contributed by atoms with van der Waals surface area (Å²) in [6, 6.07) is 13.0. The van der Waals surface area contributed by atoms with E-state index in [1.807, 2.05) is 36.0 Å². The largest absolute Gasteiger partial charge is 0.573 e. The lowest BCUT2D eigenvalue weighted by molar-refractivity contribution is -0.274. The molecule has 2 aromatic carbocycles. The van der Waals surface area contributed by atoms with Gasteiger partial charge < -0.3 is 14.8 Å². The van der Waals surface area contributed by atoms with Crippen molar-refractivity contribution in [3.63, 3.8) is 0 Å². The van der Waals surface area contributed by atoms with Gasteiger partial charge >= 0.3 is 6.36 Å². The molecule has 0 bridgehead atoms. The molecule has 1 fully saturated rings. The molecule has 1 N–H and O–H groups in total. The summed E-state index contributed by atoms with van der Waals surface area (Å²) in [4.78, 5) is 12.3. The maximum absolute atomic E-state index is 12.3. The monoisotopic (exact) mass is 425 g/mol. The average molecular weight is 425 g/mol. The number of anilines is 1. The normalized spacial score (nSPS) is 15.1. The Morgan fingerprint density at radius 3 is 2.52 bits per heavy atom. The Balaban J connectivity index is 1.49. The summed E-state index contributed by atoms with van der Waals surface area (Å²) in [5.74, 6) is 0.329. The van der Waals surface area contributed by atoms with Gasteiger partial charge in [0, 0.05) is 29.9 Å². The summed E-state index contributed by atoms with van der Waals surface area (Å²) in [6.45, 7) is 1.63. The highest BCUT2D eigenvalue weighted by atomic mass is 32.2. The van der Waals surface area contributed by atoms with Gasteiger partial charge in [-0.25, -0.2) is 0 Å². The van der Waals surface area contributed by atoms with Gasteiger partial charge in [0.05, 0.1) is 6.42 Å². The van der Waals surface area contributed by atoms with Crippen LogP contribution in [0.15, 0.2) is 48.5 Å². The predicted octanol–water partition coefficient (Wildman–Crippen LogP) is 5.18. The molecule has 29 heavy (non-hydrogen) atoms. The number of hydrogen-bond donors (Lipinski definition) is 1. The second-order valence-corrected chi connectivity index (χ2v) is 8.03. The number of carbonyl (C=O) groups excluding carboxylic acids is 1. The van der Waals surface area contributed by atoms with E-state index in [4.69, 9.17) is 4.74 Å². The number of ether oxygens (including phenoxy) is 2. The number of amides is 1. The minimum atomic E-state index is -4.73. The van der Waals surface area contributed by atoms with E-state index in [0.717, 1.165) is 37.4 Å². The first kappa shape index (κ1) is 21.5. The molecule has 0 unspecified atom stereocenters. The van der Waals surface area contributed by atoms with Crippen LogP contribution in [-0.4, -0.2) is 30.7 Å². The van der Waals surface area contributed by atoms with E-state index in [1.54, 1.807) is 0 Å². The van der Waals surface area contributed by atoms with Gasteiger partial charge in [-0.2, -0.15) is 11.8 Å². The highest BCUT2D eigenvalue weighted by Crippen LogP contribution is 2.27. The van der Waals surface area contributed by atoms with Crippen LogP contribution in [0.5, 0.6) is 5.75 Å². The topological polar surface area (TPSA) is 47.6 Å². The molecule has 0 atom stereocenters. The number of halogens is 3. The van der Waals surface area contributed by atoms with Crippen LogP contribution in [0.25, 0.3) is 0 Å². The first-order valence-electron chi connectivity index (χ1n) is 9.30. The first-order valence-corrected chi connectivity index (χ1v) is 10.3. The van der Waals surface area contributed by atoms with Crippen molar-refractivity contribution in [3.8, 4) is 5.75 Å². The highest BCUT2D eigenvalue weighted by Gasteiger charge is 2.30. The van der Waals surface area contributed by atoms with Gasteiger partial charge in [-0.15, -0.1) is 13.2 Å². The van der Waals surface area contributed by atoms with Crippen LogP contribution in [0.1, 0.15) is 24.0 Å². The first-order chi connectivity index (χ1) is 13.9. The van der Waals surface area contributed by atoms with Crippen LogP contribution in [0.4, 0.5) is 18.9 Å². The fourth-order valence-corrected chi connectivity index (χ4v) is 4.13. The van der Waals surface area contributed by atoms with Crippen molar-refractivity contribution >= 4 is 23.4 Å². The Bertz CT molecular complexity index is 806. The van der Waals surface area contributed by atoms with Crippen molar-refractivity contribution in [3.05, 3.63) is 59.7 Å². The average Bonchev–Trinajstić information content (AvgIpc) is 2.68. The third-order valence-corrected chi connectivity index (χ3v) is 5.83. The fraction of sp³-hybridized carbons (Fsp3) is 0.381. The molecule has 1 aliphatic rings. The quantitative estimate of drug-likeness (QED) is 0.664. The van der Waals surface area contributed by atoms with E-state index in [9.17, 15) is 18.0 Å². The van der Waals surface area contributed by atoms with Gasteiger partial charge in [0.1, 0.15) is 5.75 Å². The summed E-state index contributed by atoms with van der Waals surface area (Å²) in [6.07, 6.45) is -2.54. The summed E-state index contributed by atoms with van der Waals surface area (Å²) in [5.41, 5.74) is 2.44. The molecule has 1 aliphatic heterocycles. The lowest BCUT2D eigenvalue weighted by Gasteiger charge is -2.21.